The molecule has 0 saturated carbocycles. The number of amides is 1. The summed E-state index contributed by atoms with van der Waals surface area (Å²) in [6, 6.07) is 16.8. The van der Waals surface area contributed by atoms with Crippen LogP contribution in [0.1, 0.15) is 31.2 Å². The molecular formula is C24H30N4O. The van der Waals surface area contributed by atoms with E-state index >= 15 is 0 Å². The summed E-state index contributed by atoms with van der Waals surface area (Å²) in [5.74, 6) is 0.0854. The molecule has 3 N–H and O–H groups in total. The Morgan fingerprint density at radius 3 is 2.59 bits per heavy atom. The zero-order valence-electron chi connectivity index (χ0n) is 16.9. The van der Waals surface area contributed by atoms with Gasteiger partial charge < -0.3 is 20.5 Å². The number of rotatable bonds is 8. The number of aromatic nitrogens is 1. The van der Waals surface area contributed by atoms with Crippen LogP contribution >= 0.6 is 0 Å². The SMILES string of the molecule is O=C(CCNc1ccc(N2CCCCC2)cc1)NCCc1c[nH]c2ccccc12. The van der Waals surface area contributed by atoms with Crippen molar-refractivity contribution >= 4 is 28.2 Å². The largest absolute Gasteiger partial charge is 0.385 e. The number of nitrogens with one attached hydrogen (secondary N) is 3. The van der Waals surface area contributed by atoms with Gasteiger partial charge in [0.1, 0.15) is 0 Å². The molecule has 0 spiro atoms. The molecule has 1 aliphatic rings. The number of para-hydroxylation sites is 1. The molecule has 0 radical (unpaired) electrons. The highest BCUT2D eigenvalue weighted by Gasteiger charge is 2.10. The first-order valence-electron chi connectivity index (χ1n) is 10.7. The van der Waals surface area contributed by atoms with E-state index in [1.165, 1.54) is 35.9 Å². The topological polar surface area (TPSA) is 60.2 Å². The maximum atomic E-state index is 12.1. The smallest absolute Gasteiger partial charge is 0.221 e. The number of benzene rings is 2. The van der Waals surface area contributed by atoms with E-state index in [4.69, 9.17) is 0 Å². The van der Waals surface area contributed by atoms with Gasteiger partial charge in [0.05, 0.1) is 0 Å². The molecule has 5 nitrogen and oxygen atoms in total. The lowest BCUT2D eigenvalue weighted by Crippen LogP contribution is -2.29. The fourth-order valence-corrected chi connectivity index (χ4v) is 4.03. The van der Waals surface area contributed by atoms with Gasteiger partial charge in [-0.25, -0.2) is 0 Å². The second-order valence-electron chi connectivity index (χ2n) is 7.73. The van der Waals surface area contributed by atoms with Gasteiger partial charge in [0.2, 0.25) is 5.91 Å². The van der Waals surface area contributed by atoms with Crippen molar-refractivity contribution in [2.24, 2.45) is 0 Å². The number of hydrogen-bond acceptors (Lipinski definition) is 3. The van der Waals surface area contributed by atoms with Gasteiger partial charge in [0.15, 0.2) is 0 Å². The molecule has 1 fully saturated rings. The number of aromatic amines is 1. The first-order valence-corrected chi connectivity index (χ1v) is 10.7. The van der Waals surface area contributed by atoms with E-state index < -0.39 is 0 Å². The van der Waals surface area contributed by atoms with Crippen molar-refractivity contribution in [3.05, 3.63) is 60.3 Å². The van der Waals surface area contributed by atoms with Crippen molar-refractivity contribution in [2.75, 3.05) is 36.4 Å². The standard InChI is InChI=1S/C24H30N4O/c29-24(26-14-12-19-18-27-23-7-3-2-6-22(19)23)13-15-25-20-8-10-21(11-9-20)28-16-4-1-5-17-28/h2-3,6-11,18,25,27H,1,4-5,12-17H2,(H,26,29). The molecular weight excluding hydrogens is 360 g/mol. The Kier molecular flexibility index (Phi) is 6.35. The minimum absolute atomic E-state index is 0.0854. The van der Waals surface area contributed by atoms with Gasteiger partial charge in [-0.3, -0.25) is 4.79 Å². The third kappa shape index (κ3) is 5.11. The monoisotopic (exact) mass is 390 g/mol. The normalized spacial score (nSPS) is 14.1. The Bertz CT molecular complexity index is 925. The summed E-state index contributed by atoms with van der Waals surface area (Å²) in [5, 5.41) is 7.61. The van der Waals surface area contributed by atoms with Crippen LogP contribution in [0.3, 0.4) is 0 Å². The molecule has 2 heterocycles. The molecule has 1 aliphatic heterocycles. The molecule has 4 rings (SSSR count). The molecule has 3 aromatic rings. The van der Waals surface area contributed by atoms with Crippen molar-refractivity contribution in [1.29, 1.82) is 0 Å². The lowest BCUT2D eigenvalue weighted by atomic mass is 10.1. The van der Waals surface area contributed by atoms with Gasteiger partial charge in [-0.15, -0.1) is 0 Å². The molecule has 0 aliphatic carbocycles. The van der Waals surface area contributed by atoms with E-state index in [0.717, 1.165) is 30.7 Å². The number of nitrogens with zero attached hydrogens (tertiary/aromatic N) is 1. The zero-order chi connectivity index (χ0) is 19.9. The number of fused-ring (bicyclic) bond motifs is 1. The van der Waals surface area contributed by atoms with Crippen LogP contribution in [0.4, 0.5) is 11.4 Å². The molecule has 29 heavy (non-hydrogen) atoms. The average Bonchev–Trinajstić information content (AvgIpc) is 3.18. The van der Waals surface area contributed by atoms with Crippen LogP contribution in [0.2, 0.25) is 0 Å². The third-order valence-corrected chi connectivity index (χ3v) is 5.66. The van der Waals surface area contributed by atoms with Crippen LogP contribution in [-0.2, 0) is 11.2 Å². The Labute approximate surface area is 172 Å². The van der Waals surface area contributed by atoms with Crippen molar-refractivity contribution in [3.63, 3.8) is 0 Å². The van der Waals surface area contributed by atoms with Crippen LogP contribution in [-0.4, -0.2) is 37.1 Å². The first-order chi connectivity index (χ1) is 14.3. The molecule has 0 atom stereocenters. The predicted octanol–water partition coefficient (Wildman–Crippen LogP) is 4.32. The fourth-order valence-electron chi connectivity index (χ4n) is 4.03. The third-order valence-electron chi connectivity index (χ3n) is 5.66. The van der Waals surface area contributed by atoms with Crippen LogP contribution < -0.4 is 15.5 Å². The molecule has 0 unspecified atom stereocenters. The summed E-state index contributed by atoms with van der Waals surface area (Å²) in [7, 11) is 0. The van der Waals surface area contributed by atoms with Gasteiger partial charge in [0.25, 0.3) is 0 Å². The summed E-state index contributed by atoms with van der Waals surface area (Å²) in [6.45, 7) is 3.62. The number of hydrogen-bond donors (Lipinski definition) is 3. The Balaban J connectivity index is 1.16. The highest BCUT2D eigenvalue weighted by Crippen LogP contribution is 2.22. The minimum Gasteiger partial charge on any atom is -0.385 e. The van der Waals surface area contributed by atoms with E-state index in [1.54, 1.807) is 0 Å². The number of carbonyl (C=O) groups excluding carboxylic acids is 1. The number of piperidine rings is 1. The van der Waals surface area contributed by atoms with Gasteiger partial charge in [-0.2, -0.15) is 0 Å². The van der Waals surface area contributed by atoms with Crippen LogP contribution in [0.5, 0.6) is 0 Å². The van der Waals surface area contributed by atoms with Gasteiger partial charge in [0, 0.05) is 61.1 Å². The summed E-state index contributed by atoms with van der Waals surface area (Å²) < 4.78 is 0. The van der Waals surface area contributed by atoms with Crippen molar-refractivity contribution in [1.82, 2.24) is 10.3 Å². The summed E-state index contributed by atoms with van der Waals surface area (Å²) in [6.07, 6.45) is 7.26. The van der Waals surface area contributed by atoms with Crippen molar-refractivity contribution < 1.29 is 4.79 Å². The van der Waals surface area contributed by atoms with Crippen molar-refractivity contribution in [2.45, 2.75) is 32.1 Å². The molecule has 5 heteroatoms. The molecule has 1 amide bonds. The summed E-state index contributed by atoms with van der Waals surface area (Å²) in [5.41, 5.74) is 4.75. The Hall–Kier alpha value is -2.95. The van der Waals surface area contributed by atoms with Gasteiger partial charge in [-0.1, -0.05) is 18.2 Å². The van der Waals surface area contributed by atoms with Crippen molar-refractivity contribution in [3.8, 4) is 0 Å². The Morgan fingerprint density at radius 1 is 0.966 bits per heavy atom. The van der Waals surface area contributed by atoms with E-state index in [-0.39, 0.29) is 5.91 Å². The molecule has 1 aromatic heterocycles. The first kappa shape index (κ1) is 19.4. The fraction of sp³-hybridized carbons (Fsp3) is 0.375. The highest BCUT2D eigenvalue weighted by molar-refractivity contribution is 5.83. The van der Waals surface area contributed by atoms with Gasteiger partial charge in [-0.05, 0) is 61.6 Å². The lowest BCUT2D eigenvalue weighted by molar-refractivity contribution is -0.120. The lowest BCUT2D eigenvalue weighted by Gasteiger charge is -2.28. The van der Waals surface area contributed by atoms with E-state index in [2.05, 4.69) is 56.9 Å². The Morgan fingerprint density at radius 2 is 1.76 bits per heavy atom. The quantitative estimate of drug-likeness (QED) is 0.537. The van der Waals surface area contributed by atoms with E-state index in [1.807, 2.05) is 18.3 Å². The molecule has 152 valence electrons. The summed E-state index contributed by atoms with van der Waals surface area (Å²) >= 11 is 0. The van der Waals surface area contributed by atoms with Crippen LogP contribution in [0.25, 0.3) is 10.9 Å². The molecule has 2 aromatic carbocycles. The molecule has 1 saturated heterocycles. The average molecular weight is 391 g/mol. The maximum Gasteiger partial charge on any atom is 0.221 e. The predicted molar refractivity (Wildman–Crippen MR) is 121 cm³/mol. The van der Waals surface area contributed by atoms with Gasteiger partial charge >= 0.3 is 0 Å². The summed E-state index contributed by atoms with van der Waals surface area (Å²) in [4.78, 5) is 17.9. The highest BCUT2D eigenvalue weighted by atomic mass is 16.1. The number of carbonyl (C=O) groups is 1. The number of anilines is 2. The second-order valence-corrected chi connectivity index (χ2v) is 7.73. The van der Waals surface area contributed by atoms with E-state index in [9.17, 15) is 4.79 Å². The maximum absolute atomic E-state index is 12.1. The molecule has 0 bridgehead atoms. The zero-order valence-corrected chi connectivity index (χ0v) is 16.9. The minimum atomic E-state index is 0.0854. The number of H-pyrrole nitrogens is 1. The van der Waals surface area contributed by atoms with Crippen LogP contribution in [0.15, 0.2) is 54.7 Å². The van der Waals surface area contributed by atoms with E-state index in [0.29, 0.717) is 19.5 Å². The van der Waals surface area contributed by atoms with Crippen LogP contribution in [0, 0.1) is 0 Å². The second kappa shape index (κ2) is 9.50.